The standard InChI is InChI=1S/C15H23NS/c1-12-6-5-9-14(10-12)17-15(11-16)13-7-3-2-4-8-13/h2-4,7-8,12,14-15H,5-6,9-11,16H2,1H3. The van der Waals surface area contributed by atoms with Crippen LogP contribution in [0.4, 0.5) is 0 Å². The Morgan fingerprint density at radius 3 is 2.71 bits per heavy atom. The molecule has 3 atom stereocenters. The van der Waals surface area contributed by atoms with Gasteiger partial charge in [0, 0.05) is 17.0 Å². The van der Waals surface area contributed by atoms with Crippen molar-refractivity contribution in [2.45, 2.75) is 43.1 Å². The summed E-state index contributed by atoms with van der Waals surface area (Å²) in [5, 5.41) is 1.29. The van der Waals surface area contributed by atoms with Crippen LogP contribution < -0.4 is 5.73 Å². The fraction of sp³-hybridized carbons (Fsp3) is 0.600. The van der Waals surface area contributed by atoms with Gasteiger partial charge in [-0.05, 0) is 24.3 Å². The third-order valence-electron chi connectivity index (χ3n) is 3.63. The molecule has 0 spiro atoms. The van der Waals surface area contributed by atoms with E-state index >= 15 is 0 Å². The molecule has 0 aromatic heterocycles. The fourth-order valence-electron chi connectivity index (χ4n) is 2.67. The van der Waals surface area contributed by atoms with E-state index in [2.05, 4.69) is 49.0 Å². The zero-order valence-electron chi connectivity index (χ0n) is 10.6. The number of hydrogen-bond donors (Lipinski definition) is 1. The Morgan fingerprint density at radius 2 is 2.06 bits per heavy atom. The molecular formula is C15H23NS. The molecule has 2 rings (SSSR count). The number of benzene rings is 1. The summed E-state index contributed by atoms with van der Waals surface area (Å²) in [6.07, 6.45) is 5.55. The predicted octanol–water partition coefficient (Wildman–Crippen LogP) is 4.00. The quantitative estimate of drug-likeness (QED) is 0.873. The van der Waals surface area contributed by atoms with Gasteiger partial charge in [0.2, 0.25) is 0 Å². The minimum atomic E-state index is 0.478. The van der Waals surface area contributed by atoms with E-state index in [9.17, 15) is 0 Å². The number of thioether (sulfide) groups is 1. The Bertz CT molecular complexity index is 325. The van der Waals surface area contributed by atoms with E-state index in [1.54, 1.807) is 0 Å². The van der Waals surface area contributed by atoms with Crippen molar-refractivity contribution in [1.82, 2.24) is 0 Å². The van der Waals surface area contributed by atoms with E-state index in [4.69, 9.17) is 5.73 Å². The molecule has 1 aromatic carbocycles. The first-order valence-electron chi connectivity index (χ1n) is 6.70. The summed E-state index contributed by atoms with van der Waals surface area (Å²) in [6.45, 7) is 3.13. The zero-order valence-corrected chi connectivity index (χ0v) is 11.5. The maximum atomic E-state index is 5.94. The van der Waals surface area contributed by atoms with Crippen molar-refractivity contribution in [2.75, 3.05) is 6.54 Å². The second kappa shape index (κ2) is 6.46. The highest BCUT2D eigenvalue weighted by Gasteiger charge is 2.22. The first kappa shape index (κ1) is 13.0. The van der Waals surface area contributed by atoms with Crippen molar-refractivity contribution in [2.24, 2.45) is 11.7 Å². The van der Waals surface area contributed by atoms with Crippen LogP contribution in [0, 0.1) is 5.92 Å². The monoisotopic (exact) mass is 249 g/mol. The number of hydrogen-bond acceptors (Lipinski definition) is 2. The molecule has 1 aromatic rings. The summed E-state index contributed by atoms with van der Waals surface area (Å²) >= 11 is 2.10. The summed E-state index contributed by atoms with van der Waals surface area (Å²) in [4.78, 5) is 0. The summed E-state index contributed by atoms with van der Waals surface area (Å²) in [6, 6.07) is 10.7. The van der Waals surface area contributed by atoms with Crippen LogP contribution in [-0.4, -0.2) is 11.8 Å². The lowest BCUT2D eigenvalue weighted by atomic mass is 9.91. The largest absolute Gasteiger partial charge is 0.329 e. The molecule has 1 aliphatic rings. The van der Waals surface area contributed by atoms with Crippen LogP contribution >= 0.6 is 11.8 Å². The average Bonchev–Trinajstić information content (AvgIpc) is 2.37. The van der Waals surface area contributed by atoms with Gasteiger partial charge in [0.05, 0.1) is 0 Å². The van der Waals surface area contributed by atoms with Crippen LogP contribution in [-0.2, 0) is 0 Å². The Hall–Kier alpha value is -0.470. The van der Waals surface area contributed by atoms with E-state index in [0.29, 0.717) is 5.25 Å². The molecule has 1 nitrogen and oxygen atoms in total. The van der Waals surface area contributed by atoms with E-state index in [1.165, 1.54) is 31.2 Å². The molecule has 0 bridgehead atoms. The van der Waals surface area contributed by atoms with E-state index in [-0.39, 0.29) is 0 Å². The molecule has 17 heavy (non-hydrogen) atoms. The summed E-state index contributed by atoms with van der Waals surface area (Å²) in [7, 11) is 0. The highest BCUT2D eigenvalue weighted by atomic mass is 32.2. The molecule has 0 radical (unpaired) electrons. The van der Waals surface area contributed by atoms with Gasteiger partial charge in [-0.3, -0.25) is 0 Å². The zero-order chi connectivity index (χ0) is 12.1. The summed E-state index contributed by atoms with van der Waals surface area (Å²) in [5.74, 6) is 0.899. The third kappa shape index (κ3) is 3.75. The Kier molecular flexibility index (Phi) is 4.93. The van der Waals surface area contributed by atoms with Crippen molar-refractivity contribution in [3.8, 4) is 0 Å². The predicted molar refractivity (Wildman–Crippen MR) is 77.2 cm³/mol. The molecule has 94 valence electrons. The lowest BCUT2D eigenvalue weighted by molar-refractivity contribution is 0.393. The molecule has 0 amide bonds. The van der Waals surface area contributed by atoms with E-state index < -0.39 is 0 Å². The Labute approximate surface area is 109 Å². The molecule has 0 heterocycles. The SMILES string of the molecule is CC1CCCC(SC(CN)c2ccccc2)C1. The van der Waals surface area contributed by atoms with Gasteiger partial charge in [0.1, 0.15) is 0 Å². The molecule has 1 fully saturated rings. The first-order chi connectivity index (χ1) is 8.29. The number of rotatable bonds is 4. The maximum Gasteiger partial charge on any atom is 0.0422 e. The topological polar surface area (TPSA) is 26.0 Å². The van der Waals surface area contributed by atoms with Crippen molar-refractivity contribution in [3.05, 3.63) is 35.9 Å². The van der Waals surface area contributed by atoms with Gasteiger partial charge in [-0.2, -0.15) is 0 Å². The first-order valence-corrected chi connectivity index (χ1v) is 7.64. The molecule has 1 aliphatic carbocycles. The second-order valence-corrected chi connectivity index (χ2v) is 6.67. The molecule has 0 aliphatic heterocycles. The molecule has 1 saturated carbocycles. The highest BCUT2D eigenvalue weighted by Crippen LogP contribution is 2.39. The maximum absolute atomic E-state index is 5.94. The van der Waals surface area contributed by atoms with Gasteiger partial charge in [-0.1, -0.05) is 50.1 Å². The van der Waals surface area contributed by atoms with Crippen molar-refractivity contribution in [1.29, 1.82) is 0 Å². The Morgan fingerprint density at radius 1 is 1.29 bits per heavy atom. The van der Waals surface area contributed by atoms with Gasteiger partial charge in [0.15, 0.2) is 0 Å². The van der Waals surface area contributed by atoms with Gasteiger partial charge in [0.25, 0.3) is 0 Å². The van der Waals surface area contributed by atoms with Crippen molar-refractivity contribution in [3.63, 3.8) is 0 Å². The van der Waals surface area contributed by atoms with Gasteiger partial charge in [-0.15, -0.1) is 11.8 Å². The lowest BCUT2D eigenvalue weighted by Crippen LogP contribution is -2.19. The minimum Gasteiger partial charge on any atom is -0.329 e. The van der Waals surface area contributed by atoms with Crippen LogP contribution in [0.15, 0.2) is 30.3 Å². The van der Waals surface area contributed by atoms with Crippen LogP contribution in [0.1, 0.15) is 43.4 Å². The van der Waals surface area contributed by atoms with Crippen LogP contribution in [0.2, 0.25) is 0 Å². The van der Waals surface area contributed by atoms with Crippen LogP contribution in [0.3, 0.4) is 0 Å². The Balaban J connectivity index is 1.95. The average molecular weight is 249 g/mol. The molecule has 0 saturated heterocycles. The van der Waals surface area contributed by atoms with Gasteiger partial charge >= 0.3 is 0 Å². The third-order valence-corrected chi connectivity index (χ3v) is 5.24. The molecule has 2 N–H and O–H groups in total. The van der Waals surface area contributed by atoms with Crippen LogP contribution in [0.5, 0.6) is 0 Å². The molecular weight excluding hydrogens is 226 g/mol. The van der Waals surface area contributed by atoms with E-state index in [1.807, 2.05) is 0 Å². The molecule has 2 heteroatoms. The van der Waals surface area contributed by atoms with Crippen LogP contribution in [0.25, 0.3) is 0 Å². The summed E-state index contributed by atoms with van der Waals surface area (Å²) in [5.41, 5.74) is 7.32. The smallest absolute Gasteiger partial charge is 0.0422 e. The fourth-order valence-corrected chi connectivity index (χ4v) is 4.30. The minimum absolute atomic E-state index is 0.478. The second-order valence-electron chi connectivity index (χ2n) is 5.16. The number of nitrogens with two attached hydrogens (primary N) is 1. The van der Waals surface area contributed by atoms with Gasteiger partial charge < -0.3 is 5.73 Å². The van der Waals surface area contributed by atoms with Gasteiger partial charge in [-0.25, -0.2) is 0 Å². The van der Waals surface area contributed by atoms with Crippen molar-refractivity contribution >= 4 is 11.8 Å². The van der Waals surface area contributed by atoms with Crippen molar-refractivity contribution < 1.29 is 0 Å². The normalized spacial score (nSPS) is 26.7. The molecule has 3 unspecified atom stereocenters. The summed E-state index contributed by atoms with van der Waals surface area (Å²) < 4.78 is 0. The highest BCUT2D eigenvalue weighted by molar-refractivity contribution is 8.00. The lowest BCUT2D eigenvalue weighted by Gasteiger charge is -2.29. The van der Waals surface area contributed by atoms with E-state index in [0.717, 1.165) is 17.7 Å².